The van der Waals surface area contributed by atoms with Crippen molar-refractivity contribution in [3.8, 4) is 0 Å². The van der Waals surface area contributed by atoms with Gasteiger partial charge < -0.3 is 10.6 Å². The van der Waals surface area contributed by atoms with E-state index in [0.29, 0.717) is 11.5 Å². The first-order chi connectivity index (χ1) is 11.0. The fraction of sp³-hybridized carbons (Fsp3) is 0.316. The van der Waals surface area contributed by atoms with Gasteiger partial charge in [0, 0.05) is 17.9 Å². The van der Waals surface area contributed by atoms with Crippen LogP contribution >= 0.6 is 0 Å². The maximum atomic E-state index is 13.1. The van der Waals surface area contributed by atoms with Crippen molar-refractivity contribution in [3.63, 3.8) is 0 Å². The van der Waals surface area contributed by atoms with E-state index in [4.69, 9.17) is 0 Å². The summed E-state index contributed by atoms with van der Waals surface area (Å²) >= 11 is 0. The number of anilines is 2. The molecule has 0 heterocycles. The van der Waals surface area contributed by atoms with E-state index >= 15 is 0 Å². The lowest BCUT2D eigenvalue weighted by molar-refractivity contribution is -0.115. The minimum absolute atomic E-state index is 0.156. The summed E-state index contributed by atoms with van der Waals surface area (Å²) in [6.07, 6.45) is 1.28. The van der Waals surface area contributed by atoms with E-state index in [0.717, 1.165) is 24.3 Å². The summed E-state index contributed by atoms with van der Waals surface area (Å²) in [4.78, 5) is 12.0. The van der Waals surface area contributed by atoms with Gasteiger partial charge in [-0.2, -0.15) is 0 Å². The number of hydrogen-bond donors (Lipinski definition) is 2. The van der Waals surface area contributed by atoms with Crippen molar-refractivity contribution in [3.05, 3.63) is 59.9 Å². The fourth-order valence-corrected chi connectivity index (χ4v) is 2.21. The Balaban J connectivity index is 1.84. The van der Waals surface area contributed by atoms with Crippen molar-refractivity contribution >= 4 is 17.3 Å². The average Bonchev–Trinajstić information content (AvgIpc) is 2.48. The van der Waals surface area contributed by atoms with Gasteiger partial charge >= 0.3 is 0 Å². The van der Waals surface area contributed by atoms with E-state index in [1.54, 1.807) is 12.1 Å². The predicted molar refractivity (Wildman–Crippen MR) is 93.1 cm³/mol. The van der Waals surface area contributed by atoms with Crippen molar-refractivity contribution < 1.29 is 9.18 Å². The molecule has 0 spiro atoms. The van der Waals surface area contributed by atoms with Crippen molar-refractivity contribution in [1.82, 2.24) is 0 Å². The number of benzene rings is 2. The van der Waals surface area contributed by atoms with Crippen LogP contribution in [0.2, 0.25) is 0 Å². The summed E-state index contributed by atoms with van der Waals surface area (Å²) in [6.45, 7) is 5.32. The molecule has 0 unspecified atom stereocenters. The minimum Gasteiger partial charge on any atom is -0.385 e. The first kappa shape index (κ1) is 17.0. The van der Waals surface area contributed by atoms with Gasteiger partial charge in [-0.15, -0.1) is 0 Å². The van der Waals surface area contributed by atoms with E-state index in [2.05, 4.69) is 24.5 Å². The van der Waals surface area contributed by atoms with Crippen LogP contribution in [0.1, 0.15) is 25.8 Å². The predicted octanol–water partition coefficient (Wildman–Crippen LogP) is 4.46. The molecule has 2 rings (SSSR count). The second-order valence-electron chi connectivity index (χ2n) is 6.04. The monoisotopic (exact) mass is 314 g/mol. The van der Waals surface area contributed by atoms with Crippen molar-refractivity contribution in [1.29, 1.82) is 0 Å². The topological polar surface area (TPSA) is 41.1 Å². The Kier molecular flexibility index (Phi) is 6.15. The molecule has 0 bridgehead atoms. The molecule has 0 atom stereocenters. The van der Waals surface area contributed by atoms with Gasteiger partial charge in [0.15, 0.2) is 0 Å². The van der Waals surface area contributed by atoms with Gasteiger partial charge in [-0.1, -0.05) is 26.0 Å². The number of halogens is 1. The van der Waals surface area contributed by atoms with Gasteiger partial charge in [-0.3, -0.25) is 4.79 Å². The van der Waals surface area contributed by atoms with Crippen LogP contribution in [0, 0.1) is 11.7 Å². The van der Waals surface area contributed by atoms with E-state index in [-0.39, 0.29) is 18.1 Å². The number of hydrogen-bond acceptors (Lipinski definition) is 2. The van der Waals surface area contributed by atoms with Gasteiger partial charge in [-0.25, -0.2) is 4.39 Å². The zero-order chi connectivity index (χ0) is 16.7. The standard InChI is InChI=1S/C19H23FN2O/c1-14(2)10-11-21-17-6-8-18(9-7-17)22-19(23)13-15-4-3-5-16(20)12-15/h3-9,12,14,21H,10-11,13H2,1-2H3,(H,22,23). The number of rotatable bonds is 7. The summed E-state index contributed by atoms with van der Waals surface area (Å²) in [5.74, 6) is 0.187. The zero-order valence-electron chi connectivity index (χ0n) is 13.6. The number of carbonyl (C=O) groups excluding carboxylic acids is 1. The van der Waals surface area contributed by atoms with Crippen LogP contribution in [-0.2, 0) is 11.2 Å². The van der Waals surface area contributed by atoms with Gasteiger partial charge in [0.2, 0.25) is 5.91 Å². The van der Waals surface area contributed by atoms with Crippen LogP contribution in [0.15, 0.2) is 48.5 Å². The molecule has 122 valence electrons. The molecule has 0 saturated carbocycles. The fourth-order valence-electron chi connectivity index (χ4n) is 2.21. The lowest BCUT2D eigenvalue weighted by atomic mass is 10.1. The first-order valence-corrected chi connectivity index (χ1v) is 7.91. The highest BCUT2D eigenvalue weighted by Crippen LogP contribution is 2.15. The highest BCUT2D eigenvalue weighted by Gasteiger charge is 2.05. The number of amides is 1. The Morgan fingerprint density at radius 3 is 2.43 bits per heavy atom. The third kappa shape index (κ3) is 6.10. The van der Waals surface area contributed by atoms with Crippen LogP contribution < -0.4 is 10.6 Å². The van der Waals surface area contributed by atoms with Gasteiger partial charge in [0.1, 0.15) is 5.82 Å². The maximum Gasteiger partial charge on any atom is 0.228 e. The second-order valence-corrected chi connectivity index (χ2v) is 6.04. The SMILES string of the molecule is CC(C)CCNc1ccc(NC(=O)Cc2cccc(F)c2)cc1. The lowest BCUT2D eigenvalue weighted by Gasteiger charge is -2.10. The second kappa shape index (κ2) is 8.32. The van der Waals surface area contributed by atoms with Gasteiger partial charge in [0.25, 0.3) is 0 Å². The molecule has 1 amide bonds. The highest BCUT2D eigenvalue weighted by atomic mass is 19.1. The third-order valence-electron chi connectivity index (χ3n) is 3.47. The largest absolute Gasteiger partial charge is 0.385 e. The van der Waals surface area contributed by atoms with Crippen molar-refractivity contribution in [2.75, 3.05) is 17.2 Å². The lowest BCUT2D eigenvalue weighted by Crippen LogP contribution is -2.14. The Morgan fingerprint density at radius 2 is 1.78 bits per heavy atom. The molecule has 0 radical (unpaired) electrons. The molecule has 2 N–H and O–H groups in total. The number of carbonyl (C=O) groups is 1. The smallest absolute Gasteiger partial charge is 0.228 e. The molecule has 0 aliphatic rings. The average molecular weight is 314 g/mol. The van der Waals surface area contributed by atoms with Crippen molar-refractivity contribution in [2.24, 2.45) is 5.92 Å². The summed E-state index contributed by atoms with van der Waals surface area (Å²) in [6, 6.07) is 13.7. The molecule has 0 aromatic heterocycles. The van der Waals surface area contributed by atoms with Gasteiger partial charge in [0.05, 0.1) is 6.42 Å². The molecule has 2 aromatic rings. The molecule has 3 nitrogen and oxygen atoms in total. The molecule has 0 fully saturated rings. The first-order valence-electron chi connectivity index (χ1n) is 7.91. The Labute approximate surface area is 136 Å². The molecule has 2 aromatic carbocycles. The third-order valence-corrected chi connectivity index (χ3v) is 3.47. The minimum atomic E-state index is -0.327. The normalized spacial score (nSPS) is 10.6. The Morgan fingerprint density at radius 1 is 1.09 bits per heavy atom. The highest BCUT2D eigenvalue weighted by molar-refractivity contribution is 5.92. The van der Waals surface area contributed by atoms with Crippen LogP contribution in [0.4, 0.5) is 15.8 Å². The van der Waals surface area contributed by atoms with E-state index in [9.17, 15) is 9.18 Å². The maximum absolute atomic E-state index is 13.1. The molecule has 23 heavy (non-hydrogen) atoms. The molecule has 0 aliphatic carbocycles. The zero-order valence-corrected chi connectivity index (χ0v) is 13.6. The van der Waals surface area contributed by atoms with Crippen LogP contribution in [0.5, 0.6) is 0 Å². The van der Waals surface area contributed by atoms with Crippen molar-refractivity contribution in [2.45, 2.75) is 26.7 Å². The van der Waals surface area contributed by atoms with Gasteiger partial charge in [-0.05, 0) is 54.3 Å². The van der Waals surface area contributed by atoms with Crippen LogP contribution in [0.3, 0.4) is 0 Å². The summed E-state index contributed by atoms with van der Waals surface area (Å²) < 4.78 is 13.1. The molecular formula is C19H23FN2O. The van der Waals surface area contributed by atoms with E-state index in [1.807, 2.05) is 24.3 Å². The van der Waals surface area contributed by atoms with Crippen LogP contribution in [-0.4, -0.2) is 12.5 Å². The summed E-state index contributed by atoms with van der Waals surface area (Å²) in [5.41, 5.74) is 2.43. The molecule has 0 aliphatic heterocycles. The quantitative estimate of drug-likeness (QED) is 0.792. The Hall–Kier alpha value is -2.36. The van der Waals surface area contributed by atoms with E-state index in [1.165, 1.54) is 12.1 Å². The van der Waals surface area contributed by atoms with E-state index < -0.39 is 0 Å². The number of nitrogens with one attached hydrogen (secondary N) is 2. The van der Waals surface area contributed by atoms with Crippen LogP contribution in [0.25, 0.3) is 0 Å². The molecule has 0 saturated heterocycles. The summed E-state index contributed by atoms with van der Waals surface area (Å²) in [5, 5.41) is 6.17. The Bertz CT molecular complexity index is 638. The molecule has 4 heteroatoms. The summed E-state index contributed by atoms with van der Waals surface area (Å²) in [7, 11) is 0. The molecular weight excluding hydrogens is 291 g/mol.